The fraction of sp³-hybridized carbons (Fsp3) is 0.447. The van der Waals surface area contributed by atoms with Crippen molar-refractivity contribution >= 4 is 24.2 Å². The van der Waals surface area contributed by atoms with Gasteiger partial charge in [0.15, 0.2) is 39.0 Å². The highest BCUT2D eigenvalue weighted by molar-refractivity contribution is 7.90. The van der Waals surface area contributed by atoms with E-state index in [9.17, 15) is 4.79 Å². The van der Waals surface area contributed by atoms with Crippen molar-refractivity contribution in [3.05, 3.63) is 88.3 Å². The Morgan fingerprint density at radius 3 is 1.62 bits per heavy atom. The van der Waals surface area contributed by atoms with Gasteiger partial charge in [-0.1, -0.05) is 18.2 Å². The maximum absolute atomic E-state index is 13.1. The Hall–Kier alpha value is -4.18. The number of nitrogens with one attached hydrogen (secondary N) is 1. The summed E-state index contributed by atoms with van der Waals surface area (Å²) in [6.45, 7) is 0. The van der Waals surface area contributed by atoms with Crippen molar-refractivity contribution < 1.29 is 47.4 Å². The number of hydrogen-bond acceptors (Lipinski definition) is 10. The summed E-state index contributed by atoms with van der Waals surface area (Å²) in [6, 6.07) is 13.2. The van der Waals surface area contributed by atoms with Crippen LogP contribution in [0.3, 0.4) is 0 Å². The van der Waals surface area contributed by atoms with Crippen molar-refractivity contribution in [2.24, 2.45) is 0 Å². The van der Waals surface area contributed by atoms with Gasteiger partial charge in [-0.25, -0.2) is 0 Å². The number of amides is 1. The Balaban J connectivity index is 2.07. The summed E-state index contributed by atoms with van der Waals surface area (Å²) < 4.78 is 54.7. The second-order valence-corrected chi connectivity index (χ2v) is 15.2. The van der Waals surface area contributed by atoms with Crippen LogP contribution in [0.5, 0.6) is 17.2 Å². The zero-order valence-corrected chi connectivity index (χ0v) is 31.5. The Bertz CT molecular complexity index is 1520. The van der Waals surface area contributed by atoms with Crippen LogP contribution in [0.2, 0.25) is 0 Å². The average Bonchev–Trinajstić information content (AvgIpc) is 3.16. The van der Waals surface area contributed by atoms with E-state index in [2.05, 4.69) is 5.32 Å². The molecule has 0 saturated heterocycles. The van der Waals surface area contributed by atoms with Gasteiger partial charge in [-0.2, -0.15) is 0 Å². The molecule has 4 rings (SSSR count). The van der Waals surface area contributed by atoms with Crippen molar-refractivity contribution in [2.75, 3.05) is 75.5 Å². The minimum atomic E-state index is -3.01. The molecule has 0 aromatic heterocycles. The van der Waals surface area contributed by atoms with E-state index in [0.29, 0.717) is 67.0 Å². The van der Waals surface area contributed by atoms with Gasteiger partial charge in [-0.05, 0) is 25.0 Å². The molecule has 12 heteroatoms. The van der Waals surface area contributed by atoms with Crippen molar-refractivity contribution in [1.82, 2.24) is 0 Å². The Kier molecular flexibility index (Phi) is 14.0. The molecule has 272 valence electrons. The van der Waals surface area contributed by atoms with Crippen LogP contribution < -0.4 is 24.8 Å². The van der Waals surface area contributed by atoms with Crippen molar-refractivity contribution in [1.29, 1.82) is 0 Å². The van der Waals surface area contributed by atoms with Gasteiger partial charge in [-0.15, -0.1) is 0 Å². The van der Waals surface area contributed by atoms with Gasteiger partial charge in [0.25, 0.3) is 0 Å². The number of para-hydroxylation sites is 1. The first kappa shape index (κ1) is 38.6. The quantitative estimate of drug-likeness (QED) is 0.131. The lowest BCUT2D eigenvalue weighted by Crippen LogP contribution is -2.35. The number of unbranched alkanes of at least 4 members (excludes halogenated alkanes) is 1. The molecule has 0 unspecified atom stereocenters. The fourth-order valence-electron chi connectivity index (χ4n) is 6.77. The SMILES string of the molecule is COC1=CC(OC)=C([P+](CCCCC(=O)Nc2ccccc2)(C2=C(OC)C=C(OC)C[C@@H]2OC)c2c(OC)cc(OC)cc2OC)[C@@H](OC)C1. The van der Waals surface area contributed by atoms with Crippen LogP contribution in [0, 0.1) is 0 Å². The first-order valence-corrected chi connectivity index (χ1v) is 18.4. The Morgan fingerprint density at radius 1 is 0.680 bits per heavy atom. The highest BCUT2D eigenvalue weighted by Crippen LogP contribution is 2.78. The molecule has 1 amide bonds. The molecule has 0 radical (unpaired) electrons. The van der Waals surface area contributed by atoms with Crippen molar-refractivity contribution in [2.45, 2.75) is 44.3 Å². The molecule has 2 aliphatic carbocycles. The van der Waals surface area contributed by atoms with Crippen LogP contribution in [-0.2, 0) is 33.2 Å². The third-order valence-corrected chi connectivity index (χ3v) is 14.0. The lowest BCUT2D eigenvalue weighted by atomic mass is 10.1. The first-order chi connectivity index (χ1) is 24.3. The van der Waals surface area contributed by atoms with E-state index < -0.39 is 19.5 Å². The van der Waals surface area contributed by atoms with Crippen molar-refractivity contribution in [3.8, 4) is 17.2 Å². The molecule has 2 aromatic carbocycles. The molecule has 2 aromatic rings. The van der Waals surface area contributed by atoms with E-state index in [4.69, 9.17) is 42.6 Å². The summed E-state index contributed by atoms with van der Waals surface area (Å²) in [6.07, 6.45) is 5.96. The van der Waals surface area contributed by atoms with Gasteiger partial charge < -0.3 is 47.9 Å². The molecule has 0 fully saturated rings. The van der Waals surface area contributed by atoms with E-state index in [-0.39, 0.29) is 5.91 Å². The van der Waals surface area contributed by atoms with Gasteiger partial charge in [0.2, 0.25) is 5.91 Å². The second-order valence-electron chi connectivity index (χ2n) is 11.7. The molecule has 0 saturated carbocycles. The highest BCUT2D eigenvalue weighted by Gasteiger charge is 2.61. The van der Waals surface area contributed by atoms with Gasteiger partial charge in [-0.3, -0.25) is 4.79 Å². The number of carbonyl (C=O) groups is 1. The summed E-state index contributed by atoms with van der Waals surface area (Å²) >= 11 is 0. The molecule has 0 heterocycles. The molecule has 50 heavy (non-hydrogen) atoms. The predicted octanol–water partition coefficient (Wildman–Crippen LogP) is 6.78. The zero-order valence-electron chi connectivity index (χ0n) is 30.6. The van der Waals surface area contributed by atoms with E-state index >= 15 is 0 Å². The number of benzene rings is 2. The number of carbonyl (C=O) groups excluding carboxylic acids is 1. The molecular formula is C38H51NO10P+. The summed E-state index contributed by atoms with van der Waals surface area (Å²) in [5.41, 5.74) is 0.758. The van der Waals surface area contributed by atoms with E-state index in [1.807, 2.05) is 54.6 Å². The van der Waals surface area contributed by atoms with Crippen molar-refractivity contribution in [3.63, 3.8) is 0 Å². The number of ether oxygens (including phenoxy) is 9. The van der Waals surface area contributed by atoms with E-state index in [1.54, 1.807) is 64.0 Å². The average molecular weight is 713 g/mol. The summed E-state index contributed by atoms with van der Waals surface area (Å²) in [5.74, 6) is 4.29. The van der Waals surface area contributed by atoms with Crippen LogP contribution in [-0.4, -0.2) is 88.3 Å². The van der Waals surface area contributed by atoms with Crippen LogP contribution in [0.1, 0.15) is 32.1 Å². The smallest absolute Gasteiger partial charge is 0.224 e. The highest BCUT2D eigenvalue weighted by atomic mass is 31.2. The van der Waals surface area contributed by atoms with Crippen LogP contribution in [0.25, 0.3) is 0 Å². The maximum atomic E-state index is 13.1. The van der Waals surface area contributed by atoms with Crippen LogP contribution >= 0.6 is 7.26 Å². The summed E-state index contributed by atoms with van der Waals surface area (Å²) in [4.78, 5) is 13.1. The standard InChI is InChI=1S/C38H50NO10P/c1-41-26-19-29(44-4)36(30(20-26)45-5)50(37-31(46-6)21-27(42-2)22-32(37)47-7,38-33(48-8)23-28(43-3)24-34(38)49-9)18-14-13-17-35(40)39-25-15-11-10-12-16-25/h10-12,15-16,19-21,23,32,34H,13-14,17-18,22,24H2,1-9H3/p+1/t32-,34-/m0/s1. The Morgan fingerprint density at radius 2 is 1.20 bits per heavy atom. The second kappa shape index (κ2) is 18.2. The molecule has 2 aliphatic rings. The summed E-state index contributed by atoms with van der Waals surface area (Å²) in [7, 11) is 11.8. The normalized spacial score (nSPS) is 17.8. The largest absolute Gasteiger partial charge is 0.501 e. The molecule has 11 nitrogen and oxygen atoms in total. The van der Waals surface area contributed by atoms with E-state index in [1.165, 1.54) is 0 Å². The maximum Gasteiger partial charge on any atom is 0.224 e. The molecule has 0 aliphatic heterocycles. The zero-order chi connectivity index (χ0) is 36.3. The van der Waals surface area contributed by atoms with Crippen LogP contribution in [0.15, 0.2) is 88.3 Å². The van der Waals surface area contributed by atoms with Crippen LogP contribution in [0.4, 0.5) is 5.69 Å². The van der Waals surface area contributed by atoms with Gasteiger partial charge in [0.05, 0.1) is 55.9 Å². The Labute approximate surface area is 296 Å². The summed E-state index contributed by atoms with van der Waals surface area (Å²) in [5, 5.41) is 5.66. The number of anilines is 1. The molecular weight excluding hydrogens is 661 g/mol. The minimum Gasteiger partial charge on any atom is -0.501 e. The molecule has 1 N–H and O–H groups in total. The molecule has 2 atom stereocenters. The lowest BCUT2D eigenvalue weighted by molar-refractivity contribution is -0.116. The number of hydrogen-bond donors (Lipinski definition) is 1. The number of allylic oxidation sites excluding steroid dienone is 2. The minimum absolute atomic E-state index is 0.0615. The lowest BCUT2D eigenvalue weighted by Gasteiger charge is -2.40. The predicted molar refractivity (Wildman–Crippen MR) is 196 cm³/mol. The molecule has 0 bridgehead atoms. The first-order valence-electron chi connectivity index (χ1n) is 16.4. The van der Waals surface area contributed by atoms with Gasteiger partial charge in [0.1, 0.15) is 36.7 Å². The van der Waals surface area contributed by atoms with E-state index in [0.717, 1.165) is 33.1 Å². The number of rotatable bonds is 18. The van der Waals surface area contributed by atoms with Gasteiger partial charge in [0, 0.05) is 63.5 Å². The monoisotopic (exact) mass is 712 g/mol. The number of methoxy groups -OCH3 is 9. The third kappa shape index (κ3) is 8.06. The van der Waals surface area contributed by atoms with Gasteiger partial charge >= 0.3 is 0 Å². The third-order valence-electron chi connectivity index (χ3n) is 9.10. The molecule has 0 spiro atoms. The topological polar surface area (TPSA) is 112 Å². The fourth-order valence-corrected chi connectivity index (χ4v) is 12.4.